The minimum absolute atomic E-state index is 0.515. The van der Waals surface area contributed by atoms with Crippen molar-refractivity contribution in [2.75, 3.05) is 12.4 Å². The molecular formula is C13H15N3O2S. The van der Waals surface area contributed by atoms with Crippen LogP contribution in [0.4, 0.5) is 5.69 Å². The minimum atomic E-state index is 0.515. The molecule has 0 saturated carbocycles. The van der Waals surface area contributed by atoms with Gasteiger partial charge in [0.05, 0.1) is 25.5 Å². The van der Waals surface area contributed by atoms with E-state index >= 15 is 0 Å². The van der Waals surface area contributed by atoms with Gasteiger partial charge in [0.15, 0.2) is 5.11 Å². The number of nitrogens with zero attached hydrogens (tertiary/aromatic N) is 1. The molecule has 0 radical (unpaired) electrons. The summed E-state index contributed by atoms with van der Waals surface area (Å²) in [4.78, 5) is 4.08. The summed E-state index contributed by atoms with van der Waals surface area (Å²) in [6, 6.07) is 7.44. The second kappa shape index (κ2) is 6.19. The number of thiocarbonyl (C=S) groups is 1. The van der Waals surface area contributed by atoms with Crippen molar-refractivity contribution >= 4 is 23.0 Å². The predicted molar refractivity (Wildman–Crippen MR) is 77.3 cm³/mol. The zero-order chi connectivity index (χ0) is 13.7. The second-order valence-electron chi connectivity index (χ2n) is 3.91. The maximum Gasteiger partial charge on any atom is 0.213 e. The van der Waals surface area contributed by atoms with Crippen LogP contribution in [0.5, 0.6) is 5.88 Å². The van der Waals surface area contributed by atoms with Gasteiger partial charge < -0.3 is 19.8 Å². The maximum absolute atomic E-state index is 5.44. The summed E-state index contributed by atoms with van der Waals surface area (Å²) in [5, 5.41) is 6.60. The quantitative estimate of drug-likeness (QED) is 0.837. The number of rotatable bonds is 4. The number of nitrogens with one attached hydrogen (secondary N) is 2. The molecule has 2 N–H and O–H groups in total. The van der Waals surface area contributed by atoms with E-state index in [9.17, 15) is 0 Å². The van der Waals surface area contributed by atoms with Crippen LogP contribution in [0, 0.1) is 6.92 Å². The van der Waals surface area contributed by atoms with Crippen LogP contribution >= 0.6 is 12.2 Å². The monoisotopic (exact) mass is 277 g/mol. The van der Waals surface area contributed by atoms with E-state index in [1.807, 2.05) is 25.1 Å². The Labute approximate surface area is 117 Å². The molecule has 0 fully saturated rings. The number of furan rings is 1. The predicted octanol–water partition coefficient (Wildman–Crippen LogP) is 2.48. The first-order valence-corrected chi connectivity index (χ1v) is 6.18. The van der Waals surface area contributed by atoms with E-state index in [1.165, 1.54) is 0 Å². The molecule has 2 rings (SSSR count). The van der Waals surface area contributed by atoms with Gasteiger partial charge in [-0.25, -0.2) is 4.98 Å². The third-order valence-corrected chi connectivity index (χ3v) is 2.67. The lowest BCUT2D eigenvalue weighted by Gasteiger charge is -2.09. The Morgan fingerprint density at radius 2 is 2.21 bits per heavy atom. The normalized spacial score (nSPS) is 10.0. The van der Waals surface area contributed by atoms with Gasteiger partial charge in [-0.3, -0.25) is 0 Å². The van der Waals surface area contributed by atoms with Crippen molar-refractivity contribution in [1.29, 1.82) is 0 Å². The van der Waals surface area contributed by atoms with Crippen LogP contribution < -0.4 is 15.4 Å². The van der Waals surface area contributed by atoms with Gasteiger partial charge >= 0.3 is 0 Å². The number of hydrogen-bond donors (Lipinski definition) is 2. The molecule has 2 heterocycles. The molecule has 2 aromatic heterocycles. The molecule has 0 amide bonds. The zero-order valence-electron chi connectivity index (χ0n) is 10.8. The fourth-order valence-electron chi connectivity index (χ4n) is 1.50. The molecule has 0 spiro atoms. The Morgan fingerprint density at radius 3 is 2.79 bits per heavy atom. The Kier molecular flexibility index (Phi) is 4.35. The van der Waals surface area contributed by atoms with Gasteiger partial charge in [-0.2, -0.15) is 0 Å². The number of hydrogen-bond acceptors (Lipinski definition) is 4. The molecule has 0 aliphatic rings. The molecule has 100 valence electrons. The fraction of sp³-hybridized carbons (Fsp3) is 0.231. The average Bonchev–Trinajstić information content (AvgIpc) is 2.83. The summed E-state index contributed by atoms with van der Waals surface area (Å²) in [5.74, 6) is 2.29. The molecule has 0 unspecified atom stereocenters. The Balaban J connectivity index is 1.83. The van der Waals surface area contributed by atoms with Crippen molar-refractivity contribution in [3.8, 4) is 5.88 Å². The highest BCUT2D eigenvalue weighted by Gasteiger charge is 2.01. The lowest BCUT2D eigenvalue weighted by atomic mass is 10.4. The average molecular weight is 277 g/mol. The smallest absolute Gasteiger partial charge is 0.213 e. The van der Waals surface area contributed by atoms with Gasteiger partial charge in [-0.1, -0.05) is 0 Å². The first kappa shape index (κ1) is 13.4. The number of pyridine rings is 1. The van der Waals surface area contributed by atoms with Crippen LogP contribution in [-0.2, 0) is 6.54 Å². The molecule has 0 aliphatic heterocycles. The summed E-state index contributed by atoms with van der Waals surface area (Å²) in [5.41, 5.74) is 0.800. The number of methoxy groups -OCH3 is 1. The fourth-order valence-corrected chi connectivity index (χ4v) is 1.69. The molecule has 0 bridgehead atoms. The number of ether oxygens (including phenoxy) is 1. The molecule has 19 heavy (non-hydrogen) atoms. The van der Waals surface area contributed by atoms with Crippen LogP contribution in [0.2, 0.25) is 0 Å². The van der Waals surface area contributed by atoms with Crippen molar-refractivity contribution in [2.24, 2.45) is 0 Å². The summed E-state index contributed by atoms with van der Waals surface area (Å²) in [7, 11) is 1.58. The van der Waals surface area contributed by atoms with E-state index in [1.54, 1.807) is 19.4 Å². The first-order valence-electron chi connectivity index (χ1n) is 5.77. The van der Waals surface area contributed by atoms with E-state index in [4.69, 9.17) is 21.4 Å². The highest BCUT2D eigenvalue weighted by atomic mass is 32.1. The highest BCUT2D eigenvalue weighted by molar-refractivity contribution is 7.80. The minimum Gasteiger partial charge on any atom is -0.481 e. The van der Waals surface area contributed by atoms with Gasteiger partial charge in [-0.05, 0) is 37.3 Å². The molecule has 0 aromatic carbocycles. The summed E-state index contributed by atoms with van der Waals surface area (Å²) < 4.78 is 10.4. The van der Waals surface area contributed by atoms with E-state index in [-0.39, 0.29) is 0 Å². The molecule has 0 atom stereocenters. The van der Waals surface area contributed by atoms with Gasteiger partial charge in [0.1, 0.15) is 11.5 Å². The van der Waals surface area contributed by atoms with Crippen LogP contribution in [0.3, 0.4) is 0 Å². The third kappa shape index (κ3) is 3.96. The molecule has 5 nitrogen and oxygen atoms in total. The largest absolute Gasteiger partial charge is 0.481 e. The van der Waals surface area contributed by atoms with E-state index in [0.29, 0.717) is 17.5 Å². The molecule has 2 aromatic rings. The van der Waals surface area contributed by atoms with E-state index in [2.05, 4.69) is 15.6 Å². The molecule has 0 saturated heterocycles. The van der Waals surface area contributed by atoms with Crippen LogP contribution in [0.15, 0.2) is 34.9 Å². The zero-order valence-corrected chi connectivity index (χ0v) is 11.6. The van der Waals surface area contributed by atoms with Crippen molar-refractivity contribution in [3.63, 3.8) is 0 Å². The van der Waals surface area contributed by atoms with Crippen molar-refractivity contribution in [1.82, 2.24) is 10.3 Å². The van der Waals surface area contributed by atoms with Crippen LogP contribution in [-0.4, -0.2) is 17.2 Å². The second-order valence-corrected chi connectivity index (χ2v) is 4.32. The van der Waals surface area contributed by atoms with Gasteiger partial charge in [0.2, 0.25) is 5.88 Å². The number of anilines is 1. The van der Waals surface area contributed by atoms with Gasteiger partial charge in [-0.15, -0.1) is 0 Å². The lowest BCUT2D eigenvalue weighted by Crippen LogP contribution is -2.27. The summed E-state index contributed by atoms with van der Waals surface area (Å²) in [6.07, 6.45) is 1.66. The van der Waals surface area contributed by atoms with E-state index < -0.39 is 0 Å². The Bertz CT molecular complexity index is 551. The standard InChI is InChI=1S/C13H15N3O2S/c1-9-3-5-11(18-9)8-15-13(19)16-10-4-6-12(17-2)14-7-10/h3-7H,8H2,1-2H3,(H2,15,16,19). The van der Waals surface area contributed by atoms with E-state index in [0.717, 1.165) is 17.2 Å². The topological polar surface area (TPSA) is 59.3 Å². The Morgan fingerprint density at radius 1 is 1.37 bits per heavy atom. The highest BCUT2D eigenvalue weighted by Crippen LogP contribution is 2.11. The molecule has 6 heteroatoms. The van der Waals surface area contributed by atoms with Crippen molar-refractivity contribution < 1.29 is 9.15 Å². The number of aryl methyl sites for hydroxylation is 1. The number of aromatic nitrogens is 1. The third-order valence-electron chi connectivity index (χ3n) is 2.42. The van der Waals surface area contributed by atoms with Crippen molar-refractivity contribution in [3.05, 3.63) is 42.0 Å². The molecular weight excluding hydrogens is 262 g/mol. The van der Waals surface area contributed by atoms with Crippen LogP contribution in [0.25, 0.3) is 0 Å². The van der Waals surface area contributed by atoms with Gasteiger partial charge in [0.25, 0.3) is 0 Å². The van der Waals surface area contributed by atoms with Crippen molar-refractivity contribution in [2.45, 2.75) is 13.5 Å². The Hall–Kier alpha value is -2.08. The molecule has 0 aliphatic carbocycles. The van der Waals surface area contributed by atoms with Crippen LogP contribution in [0.1, 0.15) is 11.5 Å². The van der Waals surface area contributed by atoms with Gasteiger partial charge in [0, 0.05) is 6.07 Å². The SMILES string of the molecule is COc1ccc(NC(=S)NCc2ccc(C)o2)cn1. The maximum atomic E-state index is 5.44. The summed E-state index contributed by atoms with van der Waals surface area (Å²) in [6.45, 7) is 2.45. The first-order chi connectivity index (χ1) is 9.17. The lowest BCUT2D eigenvalue weighted by molar-refractivity contribution is 0.398. The summed E-state index contributed by atoms with van der Waals surface area (Å²) >= 11 is 5.18.